The third-order valence-electron chi connectivity index (χ3n) is 4.38. The van der Waals surface area contributed by atoms with Crippen LogP contribution in [0.5, 0.6) is 11.5 Å². The highest BCUT2D eigenvalue weighted by Crippen LogP contribution is 2.19. The second-order valence-corrected chi connectivity index (χ2v) is 6.02. The Kier molecular flexibility index (Phi) is 4.58. The first-order valence-corrected chi connectivity index (χ1v) is 8.64. The summed E-state index contributed by atoms with van der Waals surface area (Å²) in [5.41, 5.74) is 3.01. The Labute approximate surface area is 158 Å². The van der Waals surface area contributed by atoms with Gasteiger partial charge in [0.25, 0.3) is 0 Å². The van der Waals surface area contributed by atoms with E-state index in [-0.39, 0.29) is 0 Å². The highest BCUT2D eigenvalue weighted by Gasteiger charge is 2.21. The zero-order chi connectivity index (χ0) is 18.6. The minimum absolute atomic E-state index is 0.817. The van der Waals surface area contributed by atoms with Crippen molar-refractivity contribution in [3.63, 3.8) is 0 Å². The molecule has 0 amide bonds. The van der Waals surface area contributed by atoms with Crippen molar-refractivity contribution >= 4 is 0 Å². The Bertz CT molecular complexity index is 1020. The summed E-state index contributed by atoms with van der Waals surface area (Å²) in [6.45, 7) is 0. The normalized spacial score (nSPS) is 10.6. The SMILES string of the molecule is COc1ccc(-n2c[n+](-c3ccc(OC)cc3)c(-c3ccccc3)n2)cc1. The van der Waals surface area contributed by atoms with Gasteiger partial charge in [-0.15, -0.1) is 0 Å². The largest absolute Gasteiger partial charge is 0.497 e. The molecule has 4 rings (SSSR count). The van der Waals surface area contributed by atoms with Crippen molar-refractivity contribution in [1.82, 2.24) is 9.78 Å². The van der Waals surface area contributed by atoms with Crippen LogP contribution in [0.3, 0.4) is 0 Å². The number of rotatable bonds is 5. The van der Waals surface area contributed by atoms with E-state index in [0.29, 0.717) is 0 Å². The molecular formula is C22H20N3O2+. The topological polar surface area (TPSA) is 40.2 Å². The van der Waals surface area contributed by atoms with Crippen LogP contribution >= 0.6 is 0 Å². The summed E-state index contributed by atoms with van der Waals surface area (Å²) in [6.07, 6.45) is 1.98. The lowest BCUT2D eigenvalue weighted by atomic mass is 10.2. The van der Waals surface area contributed by atoms with Crippen LogP contribution in [0.25, 0.3) is 22.8 Å². The molecule has 5 heteroatoms. The van der Waals surface area contributed by atoms with E-state index in [1.807, 2.05) is 77.7 Å². The molecule has 0 aliphatic heterocycles. The molecule has 1 aromatic heterocycles. The lowest BCUT2D eigenvalue weighted by molar-refractivity contribution is -0.584. The first-order valence-electron chi connectivity index (χ1n) is 8.64. The van der Waals surface area contributed by atoms with Crippen molar-refractivity contribution < 1.29 is 14.0 Å². The molecule has 5 nitrogen and oxygen atoms in total. The van der Waals surface area contributed by atoms with E-state index in [9.17, 15) is 0 Å². The summed E-state index contributed by atoms with van der Waals surface area (Å²) in [4.78, 5) is 0. The van der Waals surface area contributed by atoms with E-state index in [4.69, 9.17) is 14.6 Å². The van der Waals surface area contributed by atoms with Crippen molar-refractivity contribution in [1.29, 1.82) is 0 Å². The summed E-state index contributed by atoms with van der Waals surface area (Å²) < 4.78 is 14.5. The van der Waals surface area contributed by atoms with E-state index >= 15 is 0 Å². The molecule has 4 aromatic rings. The molecule has 0 aliphatic carbocycles. The van der Waals surface area contributed by atoms with Crippen LogP contribution in [0.1, 0.15) is 0 Å². The number of methoxy groups -OCH3 is 2. The van der Waals surface area contributed by atoms with E-state index in [1.165, 1.54) is 0 Å². The highest BCUT2D eigenvalue weighted by molar-refractivity contribution is 5.52. The number of hydrogen-bond donors (Lipinski definition) is 0. The maximum absolute atomic E-state index is 5.27. The second-order valence-electron chi connectivity index (χ2n) is 6.02. The number of hydrogen-bond acceptors (Lipinski definition) is 3. The molecule has 0 spiro atoms. The first-order chi connectivity index (χ1) is 13.3. The lowest BCUT2D eigenvalue weighted by Gasteiger charge is -2.02. The Balaban J connectivity index is 1.83. The van der Waals surface area contributed by atoms with Gasteiger partial charge in [0.15, 0.2) is 0 Å². The van der Waals surface area contributed by atoms with Crippen LogP contribution in [0.2, 0.25) is 0 Å². The smallest absolute Gasteiger partial charge is 0.314 e. The van der Waals surface area contributed by atoms with Crippen molar-refractivity contribution in [2.45, 2.75) is 0 Å². The van der Waals surface area contributed by atoms with Crippen molar-refractivity contribution in [2.24, 2.45) is 0 Å². The van der Waals surface area contributed by atoms with Gasteiger partial charge in [0.2, 0.25) is 6.33 Å². The number of nitrogens with zero attached hydrogens (tertiary/aromatic N) is 3. The third-order valence-corrected chi connectivity index (χ3v) is 4.38. The minimum Gasteiger partial charge on any atom is -0.497 e. The van der Waals surface area contributed by atoms with Gasteiger partial charge in [-0.05, 0) is 60.7 Å². The third kappa shape index (κ3) is 3.40. The van der Waals surface area contributed by atoms with Gasteiger partial charge in [0, 0.05) is 0 Å². The van der Waals surface area contributed by atoms with Crippen molar-refractivity contribution in [2.75, 3.05) is 14.2 Å². The molecule has 27 heavy (non-hydrogen) atoms. The number of benzene rings is 3. The zero-order valence-electron chi connectivity index (χ0n) is 15.2. The number of ether oxygens (including phenoxy) is 2. The molecule has 134 valence electrons. The van der Waals surface area contributed by atoms with Gasteiger partial charge in [-0.2, -0.15) is 4.57 Å². The molecule has 0 bridgehead atoms. The molecule has 0 saturated carbocycles. The predicted molar refractivity (Wildman–Crippen MR) is 104 cm³/mol. The Morgan fingerprint density at radius 1 is 0.741 bits per heavy atom. The van der Waals surface area contributed by atoms with Crippen LogP contribution in [0, 0.1) is 0 Å². The summed E-state index contributed by atoms with van der Waals surface area (Å²) in [6, 6.07) is 25.9. The highest BCUT2D eigenvalue weighted by atomic mass is 16.5. The summed E-state index contributed by atoms with van der Waals surface area (Å²) in [7, 11) is 3.33. The van der Waals surface area contributed by atoms with Gasteiger partial charge in [-0.1, -0.05) is 22.9 Å². The Morgan fingerprint density at radius 2 is 1.33 bits per heavy atom. The summed E-state index contributed by atoms with van der Waals surface area (Å²) >= 11 is 0. The standard InChI is InChI=1S/C22H20N3O2/c1-26-20-12-8-18(9-13-20)24-16-25(19-10-14-21(27-2)15-11-19)23-22(24)17-6-4-3-5-7-17/h3-16H,1-2H3/q+1. The maximum Gasteiger partial charge on any atom is 0.314 e. The lowest BCUT2D eigenvalue weighted by Crippen LogP contribution is -2.30. The number of aromatic nitrogens is 3. The fourth-order valence-corrected chi connectivity index (χ4v) is 2.92. The van der Waals surface area contributed by atoms with Gasteiger partial charge in [-0.3, -0.25) is 0 Å². The Morgan fingerprint density at radius 3 is 1.93 bits per heavy atom. The first kappa shape index (κ1) is 16.8. The molecule has 0 saturated heterocycles. The fraction of sp³-hybridized carbons (Fsp3) is 0.0909. The predicted octanol–water partition coefficient (Wildman–Crippen LogP) is 3.83. The average Bonchev–Trinajstić information content (AvgIpc) is 3.20. The quantitative estimate of drug-likeness (QED) is 0.509. The molecule has 0 radical (unpaired) electrons. The van der Waals surface area contributed by atoms with Crippen LogP contribution in [0.4, 0.5) is 0 Å². The molecule has 0 unspecified atom stereocenters. The Hall–Kier alpha value is -3.60. The molecule has 0 aliphatic rings. The van der Waals surface area contributed by atoms with E-state index < -0.39 is 0 Å². The molecule has 1 heterocycles. The van der Waals surface area contributed by atoms with Crippen LogP contribution in [-0.2, 0) is 0 Å². The summed E-state index contributed by atoms with van der Waals surface area (Å²) in [5.74, 6) is 2.50. The minimum atomic E-state index is 0.817. The van der Waals surface area contributed by atoms with E-state index in [0.717, 1.165) is 34.3 Å². The fourth-order valence-electron chi connectivity index (χ4n) is 2.92. The molecule has 3 aromatic carbocycles. The van der Waals surface area contributed by atoms with Gasteiger partial charge in [0.05, 0.1) is 24.9 Å². The van der Waals surface area contributed by atoms with E-state index in [1.54, 1.807) is 14.2 Å². The summed E-state index contributed by atoms with van der Waals surface area (Å²) in [5, 5.41) is 4.83. The molecule has 0 N–H and O–H groups in total. The maximum atomic E-state index is 5.27. The van der Waals surface area contributed by atoms with Gasteiger partial charge in [0.1, 0.15) is 22.9 Å². The van der Waals surface area contributed by atoms with Crippen LogP contribution < -0.4 is 14.0 Å². The monoisotopic (exact) mass is 358 g/mol. The average molecular weight is 358 g/mol. The van der Waals surface area contributed by atoms with E-state index in [2.05, 4.69) is 16.7 Å². The molecule has 0 fully saturated rings. The van der Waals surface area contributed by atoms with Gasteiger partial charge < -0.3 is 9.47 Å². The van der Waals surface area contributed by atoms with Crippen molar-refractivity contribution in [3.8, 4) is 34.3 Å². The molecular weight excluding hydrogens is 338 g/mol. The van der Waals surface area contributed by atoms with Crippen LogP contribution in [0.15, 0.2) is 85.2 Å². The van der Waals surface area contributed by atoms with Crippen molar-refractivity contribution in [3.05, 3.63) is 85.2 Å². The molecule has 0 atom stereocenters. The van der Waals surface area contributed by atoms with Crippen LogP contribution in [-0.4, -0.2) is 24.0 Å². The van der Waals surface area contributed by atoms with Gasteiger partial charge in [-0.25, -0.2) is 0 Å². The second kappa shape index (κ2) is 7.33. The zero-order valence-corrected chi connectivity index (χ0v) is 15.2. The van der Waals surface area contributed by atoms with Gasteiger partial charge >= 0.3 is 5.82 Å².